The summed E-state index contributed by atoms with van der Waals surface area (Å²) in [5, 5.41) is 0. The molecule has 0 radical (unpaired) electrons. The van der Waals surface area contributed by atoms with E-state index in [1.54, 1.807) is 24.7 Å². The van der Waals surface area contributed by atoms with Gasteiger partial charge < -0.3 is 15.2 Å². The van der Waals surface area contributed by atoms with Crippen LogP contribution in [0.2, 0.25) is 0 Å². The molecule has 1 aliphatic carbocycles. The summed E-state index contributed by atoms with van der Waals surface area (Å²) in [6.45, 7) is 2.41. The SMILES string of the molecule is Cc1cc(CN=Cc2c(N)ccnc2CCOC2CC2)cnc1COCF. The first kappa shape index (κ1) is 19.4. The molecule has 1 aliphatic rings. The van der Waals surface area contributed by atoms with Crippen molar-refractivity contribution in [2.24, 2.45) is 4.99 Å². The van der Waals surface area contributed by atoms with Gasteiger partial charge in [-0.1, -0.05) is 6.07 Å². The van der Waals surface area contributed by atoms with Gasteiger partial charge in [0, 0.05) is 36.3 Å². The minimum atomic E-state index is -0.812. The molecule has 3 rings (SSSR count). The summed E-state index contributed by atoms with van der Waals surface area (Å²) < 4.78 is 22.6. The molecule has 0 amide bonds. The van der Waals surface area contributed by atoms with E-state index < -0.39 is 6.86 Å². The smallest absolute Gasteiger partial charge is 0.188 e. The number of nitrogens with two attached hydrogens (primary N) is 1. The van der Waals surface area contributed by atoms with E-state index in [2.05, 4.69) is 15.0 Å². The molecule has 2 aromatic heterocycles. The number of nitrogen functional groups attached to an aromatic ring is 1. The molecule has 144 valence electrons. The van der Waals surface area contributed by atoms with Crippen molar-refractivity contribution in [1.82, 2.24) is 9.97 Å². The number of alkyl halides is 1. The van der Waals surface area contributed by atoms with Gasteiger partial charge in [-0.25, -0.2) is 4.39 Å². The highest BCUT2D eigenvalue weighted by Crippen LogP contribution is 2.23. The Morgan fingerprint density at radius 1 is 1.33 bits per heavy atom. The number of aryl methyl sites for hydroxylation is 1. The van der Waals surface area contributed by atoms with Crippen molar-refractivity contribution >= 4 is 11.9 Å². The number of anilines is 1. The van der Waals surface area contributed by atoms with Crippen LogP contribution in [0.4, 0.5) is 10.1 Å². The molecule has 6 nitrogen and oxygen atoms in total. The maximum Gasteiger partial charge on any atom is 0.188 e. The standard InChI is InChI=1S/C20H25FN4O2/c1-14-8-15(10-25-20(14)12-26-13-21)9-23-11-17-18(22)4-6-24-19(17)5-7-27-16-2-3-16/h4,6,8,10-11,16H,2-3,5,7,9,12-13H2,1H3,(H2,22,24). The third-order valence-electron chi connectivity index (χ3n) is 4.38. The first-order chi connectivity index (χ1) is 13.2. The Bertz CT molecular complexity index is 794. The average molecular weight is 372 g/mol. The molecule has 7 heteroatoms. The van der Waals surface area contributed by atoms with Crippen LogP contribution in [0.1, 0.15) is 40.9 Å². The lowest BCUT2D eigenvalue weighted by atomic mass is 10.1. The number of hydrogen-bond donors (Lipinski definition) is 1. The zero-order valence-electron chi connectivity index (χ0n) is 15.5. The topological polar surface area (TPSA) is 82.6 Å². The summed E-state index contributed by atoms with van der Waals surface area (Å²) in [6, 6.07) is 3.76. The minimum Gasteiger partial charge on any atom is -0.398 e. The first-order valence-electron chi connectivity index (χ1n) is 9.10. The third-order valence-corrected chi connectivity index (χ3v) is 4.38. The highest BCUT2D eigenvalue weighted by molar-refractivity contribution is 5.88. The summed E-state index contributed by atoms with van der Waals surface area (Å²) in [7, 11) is 0. The first-order valence-corrected chi connectivity index (χ1v) is 9.10. The predicted molar refractivity (Wildman–Crippen MR) is 102 cm³/mol. The minimum absolute atomic E-state index is 0.171. The van der Waals surface area contributed by atoms with Gasteiger partial charge in [-0.05, 0) is 37.0 Å². The molecule has 27 heavy (non-hydrogen) atoms. The van der Waals surface area contributed by atoms with Crippen LogP contribution in [-0.2, 0) is 29.0 Å². The number of hydrogen-bond acceptors (Lipinski definition) is 6. The van der Waals surface area contributed by atoms with Crippen LogP contribution >= 0.6 is 0 Å². The highest BCUT2D eigenvalue weighted by Gasteiger charge is 2.21. The Hall–Kier alpha value is -2.38. The number of pyridine rings is 2. The number of aliphatic imine (C=N–C) groups is 1. The summed E-state index contributed by atoms with van der Waals surface area (Å²) in [6.07, 6.45) is 8.67. The van der Waals surface area contributed by atoms with E-state index in [-0.39, 0.29) is 6.61 Å². The zero-order valence-corrected chi connectivity index (χ0v) is 15.5. The van der Waals surface area contributed by atoms with Crippen LogP contribution in [-0.4, -0.2) is 35.8 Å². The summed E-state index contributed by atoms with van der Waals surface area (Å²) >= 11 is 0. The van der Waals surface area contributed by atoms with Gasteiger partial charge in [0.1, 0.15) is 0 Å². The second kappa shape index (κ2) is 9.53. The maximum atomic E-state index is 12.1. The van der Waals surface area contributed by atoms with E-state index in [0.717, 1.165) is 40.9 Å². The number of rotatable bonds is 10. The van der Waals surface area contributed by atoms with Crippen molar-refractivity contribution < 1.29 is 13.9 Å². The van der Waals surface area contributed by atoms with Crippen LogP contribution < -0.4 is 5.73 Å². The van der Waals surface area contributed by atoms with Gasteiger partial charge in [-0.3, -0.25) is 15.0 Å². The van der Waals surface area contributed by atoms with Crippen LogP contribution in [0.15, 0.2) is 29.5 Å². The molecule has 1 fully saturated rings. The van der Waals surface area contributed by atoms with Gasteiger partial charge >= 0.3 is 0 Å². The largest absolute Gasteiger partial charge is 0.398 e. The van der Waals surface area contributed by atoms with Crippen LogP contribution in [0, 0.1) is 6.92 Å². The quantitative estimate of drug-likeness (QED) is 0.648. The predicted octanol–water partition coefficient (Wildman–Crippen LogP) is 3.15. The van der Waals surface area contributed by atoms with Gasteiger partial charge in [0.25, 0.3) is 0 Å². The van der Waals surface area contributed by atoms with E-state index in [0.29, 0.717) is 31.4 Å². The van der Waals surface area contributed by atoms with Gasteiger partial charge in [-0.15, -0.1) is 0 Å². The Morgan fingerprint density at radius 2 is 2.19 bits per heavy atom. The Labute approximate surface area is 158 Å². The summed E-state index contributed by atoms with van der Waals surface area (Å²) in [5.74, 6) is 0. The lowest BCUT2D eigenvalue weighted by Gasteiger charge is -2.08. The third kappa shape index (κ3) is 5.80. The van der Waals surface area contributed by atoms with E-state index in [1.165, 1.54) is 0 Å². The van der Waals surface area contributed by atoms with Crippen molar-refractivity contribution in [2.45, 2.75) is 45.4 Å². The van der Waals surface area contributed by atoms with E-state index in [9.17, 15) is 4.39 Å². The van der Waals surface area contributed by atoms with Crippen molar-refractivity contribution in [2.75, 3.05) is 19.2 Å². The lowest BCUT2D eigenvalue weighted by Crippen LogP contribution is -2.07. The summed E-state index contributed by atoms with van der Waals surface area (Å²) in [4.78, 5) is 13.3. The normalized spacial score (nSPS) is 14.1. The fraction of sp³-hybridized carbons (Fsp3) is 0.450. The molecule has 2 heterocycles. The second-order valence-corrected chi connectivity index (χ2v) is 6.62. The molecular weight excluding hydrogens is 347 g/mol. The molecule has 0 spiro atoms. The molecule has 0 unspecified atom stereocenters. The molecule has 1 saturated carbocycles. The van der Waals surface area contributed by atoms with Crippen molar-refractivity contribution in [3.63, 3.8) is 0 Å². The van der Waals surface area contributed by atoms with Crippen LogP contribution in [0.3, 0.4) is 0 Å². The van der Waals surface area contributed by atoms with Gasteiger partial charge in [0.2, 0.25) is 0 Å². The maximum absolute atomic E-state index is 12.1. The van der Waals surface area contributed by atoms with Gasteiger partial charge in [-0.2, -0.15) is 0 Å². The Morgan fingerprint density at radius 3 is 2.93 bits per heavy atom. The molecule has 0 aromatic carbocycles. The van der Waals surface area contributed by atoms with Crippen LogP contribution in [0.5, 0.6) is 0 Å². The monoisotopic (exact) mass is 372 g/mol. The molecule has 2 N–H and O–H groups in total. The van der Waals surface area contributed by atoms with Crippen molar-refractivity contribution in [3.8, 4) is 0 Å². The van der Waals surface area contributed by atoms with Crippen molar-refractivity contribution in [3.05, 3.63) is 52.6 Å². The second-order valence-electron chi connectivity index (χ2n) is 6.62. The van der Waals surface area contributed by atoms with Gasteiger partial charge in [0.15, 0.2) is 6.86 Å². The zero-order chi connectivity index (χ0) is 19.1. The Balaban J connectivity index is 1.62. The van der Waals surface area contributed by atoms with Gasteiger partial charge in [0.05, 0.1) is 37.3 Å². The molecule has 0 aliphatic heterocycles. The molecule has 2 aromatic rings. The van der Waals surface area contributed by atoms with E-state index in [4.69, 9.17) is 15.2 Å². The Kier molecular flexibility index (Phi) is 6.84. The van der Waals surface area contributed by atoms with Crippen LogP contribution in [0.25, 0.3) is 0 Å². The lowest BCUT2D eigenvalue weighted by molar-refractivity contribution is 0.0441. The fourth-order valence-corrected chi connectivity index (χ4v) is 2.72. The van der Waals surface area contributed by atoms with Crippen molar-refractivity contribution in [1.29, 1.82) is 0 Å². The highest BCUT2D eigenvalue weighted by atomic mass is 19.1. The number of nitrogens with zero attached hydrogens (tertiary/aromatic N) is 3. The number of aromatic nitrogens is 2. The fourth-order valence-electron chi connectivity index (χ4n) is 2.72. The average Bonchev–Trinajstić information content (AvgIpc) is 3.47. The van der Waals surface area contributed by atoms with E-state index in [1.807, 2.05) is 13.0 Å². The molecule has 0 atom stereocenters. The molecular formula is C20H25FN4O2. The number of halogens is 1. The number of ether oxygens (including phenoxy) is 2. The molecule has 0 saturated heterocycles. The molecule has 0 bridgehead atoms. The van der Waals surface area contributed by atoms with E-state index >= 15 is 0 Å². The summed E-state index contributed by atoms with van der Waals surface area (Å²) in [5.41, 5.74) is 11.2.